The first-order valence-corrected chi connectivity index (χ1v) is 6.09. The van der Waals surface area contributed by atoms with Crippen molar-refractivity contribution in [2.24, 2.45) is 0 Å². The Balaban J connectivity index is 2.38. The van der Waals surface area contributed by atoms with Gasteiger partial charge in [0.2, 0.25) is 0 Å². The molecule has 20 heavy (non-hydrogen) atoms. The maximum Gasteiger partial charge on any atom is 0.257 e. The highest BCUT2D eigenvalue weighted by atomic mass is 35.5. The van der Waals surface area contributed by atoms with Gasteiger partial charge in [-0.15, -0.1) is 0 Å². The molecule has 2 aromatic carbocycles. The van der Waals surface area contributed by atoms with E-state index in [1.54, 1.807) is 19.1 Å². The standard InChI is InChI=1S/C14H11ClF2N2O/c1-7-3-2-4-8(11(7)15)14(20)19-13-10(18)6-5-9(16)12(13)17/h2-6H,18H2,1H3,(H,19,20). The van der Waals surface area contributed by atoms with Gasteiger partial charge in [-0.05, 0) is 30.7 Å². The van der Waals surface area contributed by atoms with Gasteiger partial charge < -0.3 is 11.1 Å². The normalized spacial score (nSPS) is 10.4. The third-order valence-corrected chi connectivity index (χ3v) is 3.30. The fourth-order valence-electron chi connectivity index (χ4n) is 1.70. The van der Waals surface area contributed by atoms with Gasteiger partial charge in [0.25, 0.3) is 5.91 Å². The molecule has 0 radical (unpaired) electrons. The third kappa shape index (κ3) is 2.58. The number of carbonyl (C=O) groups excluding carboxylic acids is 1. The van der Waals surface area contributed by atoms with Crippen molar-refractivity contribution < 1.29 is 13.6 Å². The molecule has 0 saturated heterocycles. The molecule has 0 heterocycles. The number of amides is 1. The van der Waals surface area contributed by atoms with Crippen molar-refractivity contribution >= 4 is 28.9 Å². The highest BCUT2D eigenvalue weighted by Crippen LogP contribution is 2.27. The van der Waals surface area contributed by atoms with Gasteiger partial charge >= 0.3 is 0 Å². The molecule has 0 aliphatic carbocycles. The van der Waals surface area contributed by atoms with Crippen LogP contribution < -0.4 is 11.1 Å². The Morgan fingerprint density at radius 2 is 1.95 bits per heavy atom. The number of hydrogen-bond acceptors (Lipinski definition) is 2. The number of hydrogen-bond donors (Lipinski definition) is 2. The molecule has 6 heteroatoms. The average molecular weight is 297 g/mol. The van der Waals surface area contributed by atoms with E-state index in [9.17, 15) is 13.6 Å². The Bertz CT molecular complexity index is 689. The summed E-state index contributed by atoms with van der Waals surface area (Å²) in [5.74, 6) is -2.96. The minimum atomic E-state index is -1.21. The lowest BCUT2D eigenvalue weighted by atomic mass is 10.1. The highest BCUT2D eigenvalue weighted by Gasteiger charge is 2.17. The van der Waals surface area contributed by atoms with Crippen LogP contribution in [0, 0.1) is 18.6 Å². The summed E-state index contributed by atoms with van der Waals surface area (Å²) in [5.41, 5.74) is 5.93. The van der Waals surface area contributed by atoms with E-state index in [2.05, 4.69) is 5.32 Å². The molecule has 0 aliphatic heterocycles. The zero-order valence-electron chi connectivity index (χ0n) is 10.5. The van der Waals surface area contributed by atoms with E-state index in [0.717, 1.165) is 6.07 Å². The van der Waals surface area contributed by atoms with Gasteiger partial charge in [-0.1, -0.05) is 23.7 Å². The molecule has 2 aromatic rings. The smallest absolute Gasteiger partial charge is 0.257 e. The minimum absolute atomic E-state index is 0.0685. The number of anilines is 2. The Labute approximate surface area is 119 Å². The number of nitrogen functional groups attached to an aromatic ring is 1. The van der Waals surface area contributed by atoms with E-state index < -0.39 is 23.2 Å². The number of nitrogens with one attached hydrogen (secondary N) is 1. The molecule has 0 saturated carbocycles. The first-order chi connectivity index (χ1) is 9.41. The van der Waals surface area contributed by atoms with Crippen LogP contribution in [0.15, 0.2) is 30.3 Å². The van der Waals surface area contributed by atoms with Crippen LogP contribution in [0.5, 0.6) is 0 Å². The van der Waals surface area contributed by atoms with Crippen molar-refractivity contribution in [3.05, 3.63) is 58.1 Å². The van der Waals surface area contributed by atoms with Gasteiger partial charge in [0.1, 0.15) is 5.69 Å². The lowest BCUT2D eigenvalue weighted by Gasteiger charge is -2.11. The summed E-state index contributed by atoms with van der Waals surface area (Å²) in [6.45, 7) is 1.73. The molecular weight excluding hydrogens is 286 g/mol. The molecule has 0 atom stereocenters. The second-order valence-electron chi connectivity index (χ2n) is 4.22. The van der Waals surface area contributed by atoms with Crippen LogP contribution in [0.1, 0.15) is 15.9 Å². The summed E-state index contributed by atoms with van der Waals surface area (Å²) in [4.78, 5) is 12.1. The zero-order chi connectivity index (χ0) is 14.9. The van der Waals surface area contributed by atoms with Gasteiger partial charge in [-0.2, -0.15) is 0 Å². The predicted molar refractivity (Wildman–Crippen MR) is 74.9 cm³/mol. The molecule has 3 N–H and O–H groups in total. The van der Waals surface area contributed by atoms with Crippen LogP contribution in [-0.4, -0.2) is 5.91 Å². The molecule has 0 bridgehead atoms. The Hall–Kier alpha value is -2.14. The monoisotopic (exact) mass is 296 g/mol. The van der Waals surface area contributed by atoms with Crippen molar-refractivity contribution in [2.45, 2.75) is 6.92 Å². The van der Waals surface area contributed by atoms with Gasteiger partial charge in [0.05, 0.1) is 16.3 Å². The molecular formula is C14H11ClF2N2O. The van der Waals surface area contributed by atoms with E-state index in [1.807, 2.05) is 0 Å². The second-order valence-corrected chi connectivity index (χ2v) is 4.59. The number of nitrogens with two attached hydrogens (primary N) is 1. The topological polar surface area (TPSA) is 55.1 Å². The number of benzene rings is 2. The quantitative estimate of drug-likeness (QED) is 0.829. The predicted octanol–water partition coefficient (Wildman–Crippen LogP) is 3.76. The van der Waals surface area contributed by atoms with Gasteiger partial charge in [0.15, 0.2) is 11.6 Å². The number of rotatable bonds is 2. The van der Waals surface area contributed by atoms with Crippen LogP contribution in [0.3, 0.4) is 0 Å². The lowest BCUT2D eigenvalue weighted by molar-refractivity contribution is 0.102. The maximum absolute atomic E-state index is 13.6. The molecule has 104 valence electrons. The fraction of sp³-hybridized carbons (Fsp3) is 0.0714. The summed E-state index contributed by atoms with van der Waals surface area (Å²) < 4.78 is 26.8. The van der Waals surface area contributed by atoms with Crippen molar-refractivity contribution in [2.75, 3.05) is 11.1 Å². The molecule has 2 rings (SSSR count). The molecule has 0 spiro atoms. The number of halogens is 3. The summed E-state index contributed by atoms with van der Waals surface area (Å²) in [5, 5.41) is 2.49. The van der Waals surface area contributed by atoms with Gasteiger partial charge in [-0.3, -0.25) is 4.79 Å². The van der Waals surface area contributed by atoms with E-state index in [-0.39, 0.29) is 16.3 Å². The summed E-state index contributed by atoms with van der Waals surface area (Å²) in [6.07, 6.45) is 0. The van der Waals surface area contributed by atoms with Crippen LogP contribution in [0.4, 0.5) is 20.2 Å². The maximum atomic E-state index is 13.6. The first kappa shape index (κ1) is 14.3. The highest BCUT2D eigenvalue weighted by molar-refractivity contribution is 6.35. The summed E-state index contributed by atoms with van der Waals surface area (Å²) in [7, 11) is 0. The largest absolute Gasteiger partial charge is 0.397 e. The van der Waals surface area contributed by atoms with Crippen LogP contribution in [-0.2, 0) is 0 Å². The Morgan fingerprint density at radius 3 is 2.65 bits per heavy atom. The Morgan fingerprint density at radius 1 is 1.25 bits per heavy atom. The number of carbonyl (C=O) groups is 1. The van der Waals surface area contributed by atoms with E-state index in [0.29, 0.717) is 5.56 Å². The van der Waals surface area contributed by atoms with Crippen molar-refractivity contribution in [3.8, 4) is 0 Å². The van der Waals surface area contributed by atoms with E-state index in [1.165, 1.54) is 12.1 Å². The third-order valence-electron chi connectivity index (χ3n) is 2.80. The minimum Gasteiger partial charge on any atom is -0.397 e. The van der Waals surface area contributed by atoms with Crippen molar-refractivity contribution in [1.29, 1.82) is 0 Å². The van der Waals surface area contributed by atoms with Crippen LogP contribution in [0.2, 0.25) is 5.02 Å². The average Bonchev–Trinajstić information content (AvgIpc) is 2.42. The first-order valence-electron chi connectivity index (χ1n) is 5.71. The fourth-order valence-corrected chi connectivity index (χ4v) is 1.91. The van der Waals surface area contributed by atoms with Crippen molar-refractivity contribution in [3.63, 3.8) is 0 Å². The van der Waals surface area contributed by atoms with Gasteiger partial charge in [0, 0.05) is 0 Å². The summed E-state index contributed by atoms with van der Waals surface area (Å²) in [6, 6.07) is 6.92. The molecule has 0 aliphatic rings. The SMILES string of the molecule is Cc1cccc(C(=O)Nc2c(N)ccc(F)c2F)c1Cl. The van der Waals surface area contributed by atoms with Crippen LogP contribution >= 0.6 is 11.6 Å². The molecule has 0 aromatic heterocycles. The molecule has 0 fully saturated rings. The number of aryl methyl sites for hydroxylation is 1. The van der Waals surface area contributed by atoms with E-state index >= 15 is 0 Å². The van der Waals surface area contributed by atoms with Gasteiger partial charge in [-0.25, -0.2) is 8.78 Å². The zero-order valence-corrected chi connectivity index (χ0v) is 11.3. The molecule has 1 amide bonds. The molecule has 3 nitrogen and oxygen atoms in total. The molecule has 0 unspecified atom stereocenters. The van der Waals surface area contributed by atoms with Crippen molar-refractivity contribution in [1.82, 2.24) is 0 Å². The van der Waals surface area contributed by atoms with E-state index in [4.69, 9.17) is 17.3 Å². The lowest BCUT2D eigenvalue weighted by Crippen LogP contribution is -2.15. The summed E-state index contributed by atoms with van der Waals surface area (Å²) >= 11 is 6.01. The second kappa shape index (κ2) is 5.46. The van der Waals surface area contributed by atoms with Crippen LogP contribution in [0.25, 0.3) is 0 Å². The Kier molecular flexibility index (Phi) is 3.90.